The van der Waals surface area contributed by atoms with Crippen LogP contribution in [0.25, 0.3) is 0 Å². The van der Waals surface area contributed by atoms with E-state index in [4.69, 9.17) is 9.47 Å². The van der Waals surface area contributed by atoms with Crippen molar-refractivity contribution in [1.29, 1.82) is 0 Å². The van der Waals surface area contributed by atoms with Crippen molar-refractivity contribution >= 4 is 0 Å². The molecule has 2 aromatic rings. The fourth-order valence-electron chi connectivity index (χ4n) is 3.77. The first kappa shape index (κ1) is 15.8. The van der Waals surface area contributed by atoms with Crippen molar-refractivity contribution in [2.45, 2.75) is 37.7 Å². The van der Waals surface area contributed by atoms with E-state index in [1.54, 1.807) is 0 Å². The maximum Gasteiger partial charge on any atom is 0.184 e. The number of piperidine rings is 1. The molecule has 2 heterocycles. The van der Waals surface area contributed by atoms with Crippen molar-refractivity contribution in [1.82, 2.24) is 4.90 Å². The average Bonchev–Trinajstić information content (AvgIpc) is 2.66. The summed E-state index contributed by atoms with van der Waals surface area (Å²) in [4.78, 5) is 2.54. The second-order valence-corrected chi connectivity index (χ2v) is 6.93. The molecule has 2 aromatic carbocycles. The highest BCUT2D eigenvalue weighted by Crippen LogP contribution is 2.39. The molecule has 2 saturated heterocycles. The highest BCUT2D eigenvalue weighted by molar-refractivity contribution is 5.17. The van der Waals surface area contributed by atoms with Crippen LogP contribution in [-0.2, 0) is 16.0 Å². The smallest absolute Gasteiger partial charge is 0.184 e. The molecule has 2 aliphatic heterocycles. The number of hydrogen-bond donors (Lipinski definition) is 0. The first-order chi connectivity index (χ1) is 11.8. The summed E-state index contributed by atoms with van der Waals surface area (Å²) in [6, 6.07) is 21.0. The Morgan fingerprint density at radius 2 is 1.54 bits per heavy atom. The maximum absolute atomic E-state index is 6.45. The molecule has 4 rings (SSSR count). The number of hydrogen-bond acceptors (Lipinski definition) is 3. The molecule has 1 spiro atoms. The summed E-state index contributed by atoms with van der Waals surface area (Å²) in [5.41, 5.74) is 2.51. The van der Waals surface area contributed by atoms with Crippen molar-refractivity contribution in [3.8, 4) is 0 Å². The Morgan fingerprint density at radius 1 is 0.875 bits per heavy atom. The number of likely N-dealkylation sites (tertiary alicyclic amines) is 1. The Morgan fingerprint density at radius 3 is 2.25 bits per heavy atom. The normalized spacial score (nSPS) is 24.1. The summed E-state index contributed by atoms with van der Waals surface area (Å²) < 4.78 is 12.3. The first-order valence-electron chi connectivity index (χ1n) is 8.94. The molecule has 3 nitrogen and oxygen atoms in total. The van der Waals surface area contributed by atoms with Crippen LogP contribution in [0.5, 0.6) is 0 Å². The van der Waals surface area contributed by atoms with Crippen LogP contribution in [0, 0.1) is 0 Å². The number of nitrogens with zero attached hydrogens (tertiary/aromatic N) is 1. The van der Waals surface area contributed by atoms with E-state index in [9.17, 15) is 0 Å². The summed E-state index contributed by atoms with van der Waals surface area (Å²) in [7, 11) is 0. The zero-order valence-corrected chi connectivity index (χ0v) is 14.1. The van der Waals surface area contributed by atoms with Gasteiger partial charge in [0.1, 0.15) is 0 Å². The van der Waals surface area contributed by atoms with Crippen LogP contribution in [0.1, 0.15) is 36.7 Å². The summed E-state index contributed by atoms with van der Waals surface area (Å²) >= 11 is 0. The minimum absolute atomic E-state index is 0.00799. The Labute approximate surface area is 144 Å². The van der Waals surface area contributed by atoms with Crippen LogP contribution in [-0.4, -0.2) is 30.2 Å². The van der Waals surface area contributed by atoms with E-state index in [0.29, 0.717) is 0 Å². The van der Waals surface area contributed by atoms with Gasteiger partial charge >= 0.3 is 0 Å². The van der Waals surface area contributed by atoms with Gasteiger partial charge in [-0.2, -0.15) is 0 Å². The van der Waals surface area contributed by atoms with Gasteiger partial charge in [-0.1, -0.05) is 60.7 Å². The Kier molecular flexibility index (Phi) is 4.65. The predicted molar refractivity (Wildman–Crippen MR) is 94.5 cm³/mol. The molecule has 126 valence electrons. The van der Waals surface area contributed by atoms with Gasteiger partial charge < -0.3 is 9.47 Å². The maximum atomic E-state index is 6.45. The zero-order valence-electron chi connectivity index (χ0n) is 14.1. The van der Waals surface area contributed by atoms with E-state index in [2.05, 4.69) is 47.4 Å². The lowest BCUT2D eigenvalue weighted by Gasteiger charge is -2.46. The molecular weight excluding hydrogens is 298 g/mol. The minimum atomic E-state index is -0.208. The summed E-state index contributed by atoms with van der Waals surface area (Å²) in [6.07, 6.45) is 2.98. The van der Waals surface area contributed by atoms with E-state index in [0.717, 1.165) is 51.1 Å². The lowest BCUT2D eigenvalue weighted by atomic mass is 9.87. The first-order valence-corrected chi connectivity index (χ1v) is 8.94. The highest BCUT2D eigenvalue weighted by atomic mass is 16.7. The molecule has 0 aromatic heterocycles. The third-order valence-corrected chi connectivity index (χ3v) is 5.27. The van der Waals surface area contributed by atoms with Gasteiger partial charge in [-0.25, -0.2) is 0 Å². The summed E-state index contributed by atoms with van der Waals surface area (Å²) in [6.45, 7) is 4.01. The fraction of sp³-hybridized carbons (Fsp3) is 0.429. The molecule has 0 amide bonds. The molecule has 0 bridgehead atoms. The predicted octanol–water partition coefficient (Wildman–Crippen LogP) is 4.16. The topological polar surface area (TPSA) is 21.7 Å². The molecule has 2 fully saturated rings. The second kappa shape index (κ2) is 7.06. The SMILES string of the molecule is c1ccc(CN2CCC3(CCOC(c4ccccc4)O3)CC2)cc1. The molecule has 1 unspecified atom stereocenters. The van der Waals surface area contributed by atoms with Crippen LogP contribution in [0.4, 0.5) is 0 Å². The largest absolute Gasteiger partial charge is 0.348 e. The van der Waals surface area contributed by atoms with Crippen molar-refractivity contribution in [3.63, 3.8) is 0 Å². The van der Waals surface area contributed by atoms with Gasteiger partial charge in [-0.15, -0.1) is 0 Å². The average molecular weight is 323 g/mol. The van der Waals surface area contributed by atoms with E-state index < -0.39 is 0 Å². The van der Waals surface area contributed by atoms with Crippen molar-refractivity contribution < 1.29 is 9.47 Å². The Hall–Kier alpha value is -1.68. The van der Waals surface area contributed by atoms with Crippen LogP contribution in [0.3, 0.4) is 0 Å². The highest BCUT2D eigenvalue weighted by Gasteiger charge is 2.40. The van der Waals surface area contributed by atoms with Gasteiger partial charge in [0.2, 0.25) is 0 Å². The number of ether oxygens (including phenoxy) is 2. The fourth-order valence-corrected chi connectivity index (χ4v) is 3.77. The van der Waals surface area contributed by atoms with Crippen LogP contribution < -0.4 is 0 Å². The van der Waals surface area contributed by atoms with Gasteiger partial charge in [0.15, 0.2) is 6.29 Å². The third kappa shape index (κ3) is 3.54. The van der Waals surface area contributed by atoms with Crippen molar-refractivity contribution in [2.24, 2.45) is 0 Å². The van der Waals surface area contributed by atoms with E-state index in [1.165, 1.54) is 5.56 Å². The standard InChI is InChI=1S/C21H25NO2/c1-3-7-18(8-4-1)17-22-14-11-21(12-15-22)13-16-23-20(24-21)19-9-5-2-6-10-19/h1-10,20H,11-17H2. The lowest BCUT2D eigenvalue weighted by Crippen LogP contribution is -2.49. The molecule has 2 aliphatic rings. The molecule has 0 radical (unpaired) electrons. The minimum Gasteiger partial charge on any atom is -0.348 e. The van der Waals surface area contributed by atoms with Gasteiger partial charge in [0, 0.05) is 31.6 Å². The van der Waals surface area contributed by atoms with Gasteiger partial charge in [0.25, 0.3) is 0 Å². The monoisotopic (exact) mass is 323 g/mol. The zero-order chi connectivity index (χ0) is 16.2. The molecule has 3 heteroatoms. The molecule has 0 aliphatic carbocycles. The van der Waals surface area contributed by atoms with E-state index in [1.807, 2.05) is 18.2 Å². The van der Waals surface area contributed by atoms with Gasteiger partial charge in [0.05, 0.1) is 12.2 Å². The Balaban J connectivity index is 1.37. The van der Waals surface area contributed by atoms with Crippen molar-refractivity contribution in [2.75, 3.05) is 19.7 Å². The van der Waals surface area contributed by atoms with Crippen molar-refractivity contribution in [3.05, 3.63) is 71.8 Å². The molecule has 0 N–H and O–H groups in total. The molecular formula is C21H25NO2. The number of rotatable bonds is 3. The Bertz CT molecular complexity index is 635. The van der Waals surface area contributed by atoms with Gasteiger partial charge in [-0.3, -0.25) is 4.90 Å². The van der Waals surface area contributed by atoms with Crippen LogP contribution in [0.15, 0.2) is 60.7 Å². The lowest BCUT2D eigenvalue weighted by molar-refractivity contribution is -0.272. The number of benzene rings is 2. The third-order valence-electron chi connectivity index (χ3n) is 5.27. The molecule has 0 saturated carbocycles. The summed E-state index contributed by atoms with van der Waals surface area (Å²) in [5.74, 6) is 0. The summed E-state index contributed by atoms with van der Waals surface area (Å²) in [5, 5.41) is 0. The molecule has 1 atom stereocenters. The van der Waals surface area contributed by atoms with Gasteiger partial charge in [-0.05, 0) is 18.4 Å². The van der Waals surface area contributed by atoms with Crippen LogP contribution in [0.2, 0.25) is 0 Å². The van der Waals surface area contributed by atoms with E-state index >= 15 is 0 Å². The second-order valence-electron chi connectivity index (χ2n) is 6.93. The quantitative estimate of drug-likeness (QED) is 0.847. The van der Waals surface area contributed by atoms with E-state index in [-0.39, 0.29) is 11.9 Å². The molecule has 24 heavy (non-hydrogen) atoms. The van der Waals surface area contributed by atoms with Crippen LogP contribution >= 0.6 is 0 Å².